The van der Waals surface area contributed by atoms with Gasteiger partial charge in [0.25, 0.3) is 0 Å². The van der Waals surface area contributed by atoms with Gasteiger partial charge in [-0.05, 0) is 27.4 Å². The molecule has 92 valence electrons. The molecule has 0 aliphatic heterocycles. The van der Waals surface area contributed by atoms with Gasteiger partial charge in [-0.25, -0.2) is 0 Å². The summed E-state index contributed by atoms with van der Waals surface area (Å²) >= 11 is 0. The maximum atomic E-state index is 11.2. The van der Waals surface area contributed by atoms with E-state index in [1.807, 2.05) is 32.8 Å². The van der Waals surface area contributed by atoms with Crippen molar-refractivity contribution in [2.24, 2.45) is 0 Å². The Kier molecular flexibility index (Phi) is 13.3. The minimum atomic E-state index is 0.136. The molecule has 1 unspecified atom stereocenters. The Balaban J connectivity index is 0. The third-order valence-corrected chi connectivity index (χ3v) is 2.42. The normalized spacial score (nSPS) is 11.9. The highest BCUT2D eigenvalue weighted by atomic mass is 16.1. The number of rotatable bonds is 7. The van der Waals surface area contributed by atoms with E-state index in [4.69, 9.17) is 0 Å². The first-order valence-electron chi connectivity index (χ1n) is 6.26. The van der Waals surface area contributed by atoms with Crippen LogP contribution in [-0.2, 0) is 4.79 Å². The number of ketones is 1. The third kappa shape index (κ3) is 9.92. The summed E-state index contributed by atoms with van der Waals surface area (Å²) in [6.07, 6.45) is 6.00. The SMILES string of the molecule is CC.CCCCCCC(C(C)=O)N(C)C. The lowest BCUT2D eigenvalue weighted by atomic mass is 10.0. The van der Waals surface area contributed by atoms with Gasteiger partial charge in [0.05, 0.1) is 6.04 Å². The second-order valence-corrected chi connectivity index (χ2v) is 3.94. The second kappa shape index (κ2) is 11.7. The number of nitrogens with zero attached hydrogens (tertiary/aromatic N) is 1. The van der Waals surface area contributed by atoms with E-state index in [2.05, 4.69) is 6.92 Å². The van der Waals surface area contributed by atoms with Gasteiger partial charge < -0.3 is 0 Å². The summed E-state index contributed by atoms with van der Waals surface area (Å²) in [6, 6.07) is 0.136. The van der Waals surface area contributed by atoms with Gasteiger partial charge in [0.1, 0.15) is 5.78 Å². The number of hydrogen-bond acceptors (Lipinski definition) is 2. The standard InChI is InChI=1S/C11H23NO.C2H6/c1-5-6-7-8-9-11(10(2)13)12(3)4;1-2/h11H,5-9H2,1-4H3;1-2H3. The first-order valence-corrected chi connectivity index (χ1v) is 6.26. The smallest absolute Gasteiger partial charge is 0.146 e. The van der Waals surface area contributed by atoms with E-state index in [-0.39, 0.29) is 6.04 Å². The van der Waals surface area contributed by atoms with Crippen LogP contribution in [0.25, 0.3) is 0 Å². The molecule has 0 bridgehead atoms. The summed E-state index contributed by atoms with van der Waals surface area (Å²) in [5.41, 5.74) is 0. The molecule has 0 saturated heterocycles. The van der Waals surface area contributed by atoms with Crippen LogP contribution in [0, 0.1) is 0 Å². The number of Topliss-reactive ketones (excluding diaryl/α,β-unsaturated/α-hetero) is 1. The Labute approximate surface area is 96.0 Å². The van der Waals surface area contributed by atoms with Crippen molar-refractivity contribution in [3.8, 4) is 0 Å². The van der Waals surface area contributed by atoms with Crippen molar-refractivity contribution in [3.05, 3.63) is 0 Å². The van der Waals surface area contributed by atoms with Crippen LogP contribution < -0.4 is 0 Å². The number of unbranched alkanes of at least 4 members (excludes halogenated alkanes) is 3. The van der Waals surface area contributed by atoms with Crippen LogP contribution in [0.15, 0.2) is 0 Å². The summed E-state index contributed by atoms with van der Waals surface area (Å²) in [4.78, 5) is 13.2. The lowest BCUT2D eigenvalue weighted by Gasteiger charge is -2.21. The molecule has 2 nitrogen and oxygen atoms in total. The average Bonchev–Trinajstić information content (AvgIpc) is 2.19. The van der Waals surface area contributed by atoms with E-state index in [1.165, 1.54) is 25.7 Å². The van der Waals surface area contributed by atoms with Crippen molar-refractivity contribution in [1.29, 1.82) is 0 Å². The van der Waals surface area contributed by atoms with Crippen molar-refractivity contribution in [2.75, 3.05) is 14.1 Å². The van der Waals surface area contributed by atoms with Gasteiger partial charge in [-0.15, -0.1) is 0 Å². The minimum Gasteiger partial charge on any atom is -0.300 e. The molecule has 1 atom stereocenters. The molecule has 0 aliphatic rings. The monoisotopic (exact) mass is 215 g/mol. The zero-order chi connectivity index (χ0) is 12.3. The van der Waals surface area contributed by atoms with E-state index in [9.17, 15) is 4.79 Å². The number of hydrogen-bond donors (Lipinski definition) is 0. The Morgan fingerprint density at radius 2 is 1.67 bits per heavy atom. The first-order chi connectivity index (χ1) is 7.09. The maximum absolute atomic E-state index is 11.2. The summed E-state index contributed by atoms with van der Waals surface area (Å²) < 4.78 is 0. The molecule has 2 heteroatoms. The molecule has 0 saturated carbocycles. The van der Waals surface area contributed by atoms with E-state index < -0.39 is 0 Å². The molecule has 0 aromatic rings. The molecule has 0 rings (SSSR count). The van der Waals surface area contributed by atoms with Gasteiger partial charge in [0.2, 0.25) is 0 Å². The van der Waals surface area contributed by atoms with Gasteiger partial charge in [0.15, 0.2) is 0 Å². The Morgan fingerprint density at radius 1 is 1.13 bits per heavy atom. The molecule has 0 heterocycles. The fourth-order valence-corrected chi connectivity index (χ4v) is 1.59. The van der Waals surface area contributed by atoms with Crippen LogP contribution in [0.1, 0.15) is 59.8 Å². The zero-order valence-corrected chi connectivity index (χ0v) is 11.5. The molecule has 0 aromatic heterocycles. The average molecular weight is 215 g/mol. The molecule has 0 N–H and O–H groups in total. The van der Waals surface area contributed by atoms with Gasteiger partial charge in [-0.2, -0.15) is 0 Å². The predicted molar refractivity (Wildman–Crippen MR) is 68.3 cm³/mol. The van der Waals surface area contributed by atoms with E-state index in [0.29, 0.717) is 5.78 Å². The van der Waals surface area contributed by atoms with Gasteiger partial charge in [-0.1, -0.05) is 46.5 Å². The van der Waals surface area contributed by atoms with E-state index in [1.54, 1.807) is 6.92 Å². The highest BCUT2D eigenvalue weighted by Gasteiger charge is 2.15. The molecule has 0 aromatic carbocycles. The van der Waals surface area contributed by atoms with Crippen molar-refractivity contribution >= 4 is 5.78 Å². The molecule has 0 aliphatic carbocycles. The number of carbonyl (C=O) groups excluding carboxylic acids is 1. The van der Waals surface area contributed by atoms with Crippen molar-refractivity contribution in [2.45, 2.75) is 65.8 Å². The first kappa shape index (κ1) is 17.0. The van der Waals surface area contributed by atoms with Crippen LogP contribution in [0.5, 0.6) is 0 Å². The fraction of sp³-hybridized carbons (Fsp3) is 0.923. The van der Waals surface area contributed by atoms with E-state index >= 15 is 0 Å². The second-order valence-electron chi connectivity index (χ2n) is 3.94. The maximum Gasteiger partial charge on any atom is 0.146 e. The fourth-order valence-electron chi connectivity index (χ4n) is 1.59. The highest BCUT2D eigenvalue weighted by Crippen LogP contribution is 2.09. The Morgan fingerprint density at radius 3 is 2.00 bits per heavy atom. The van der Waals surface area contributed by atoms with Gasteiger partial charge in [-0.3, -0.25) is 9.69 Å². The predicted octanol–water partition coefficient (Wildman–Crippen LogP) is 3.50. The van der Waals surface area contributed by atoms with Crippen LogP contribution in [0.2, 0.25) is 0 Å². The summed E-state index contributed by atoms with van der Waals surface area (Å²) in [7, 11) is 3.96. The summed E-state index contributed by atoms with van der Waals surface area (Å²) in [5.74, 6) is 0.293. The van der Waals surface area contributed by atoms with Crippen LogP contribution in [0.3, 0.4) is 0 Å². The molecule has 15 heavy (non-hydrogen) atoms. The molecular weight excluding hydrogens is 186 g/mol. The van der Waals surface area contributed by atoms with Crippen LogP contribution in [0.4, 0.5) is 0 Å². The summed E-state index contributed by atoms with van der Waals surface area (Å²) in [6.45, 7) is 7.89. The highest BCUT2D eigenvalue weighted by molar-refractivity contribution is 5.81. The zero-order valence-electron chi connectivity index (χ0n) is 11.5. The number of carbonyl (C=O) groups is 1. The molecule has 0 fully saturated rings. The van der Waals surface area contributed by atoms with Crippen molar-refractivity contribution in [1.82, 2.24) is 4.90 Å². The topological polar surface area (TPSA) is 20.3 Å². The van der Waals surface area contributed by atoms with Crippen molar-refractivity contribution < 1.29 is 4.79 Å². The summed E-state index contributed by atoms with van der Waals surface area (Å²) in [5, 5.41) is 0. The largest absolute Gasteiger partial charge is 0.300 e. The number of likely N-dealkylation sites (N-methyl/N-ethyl adjacent to an activating group) is 1. The lowest BCUT2D eigenvalue weighted by molar-refractivity contribution is -0.121. The molecular formula is C13H29NO. The lowest BCUT2D eigenvalue weighted by Crippen LogP contribution is -2.34. The molecule has 0 spiro atoms. The van der Waals surface area contributed by atoms with Crippen LogP contribution >= 0.6 is 0 Å². The Bertz CT molecular complexity index is 143. The van der Waals surface area contributed by atoms with Crippen molar-refractivity contribution in [3.63, 3.8) is 0 Å². The van der Waals surface area contributed by atoms with Gasteiger partial charge in [0, 0.05) is 0 Å². The Hall–Kier alpha value is -0.370. The third-order valence-electron chi connectivity index (χ3n) is 2.42. The van der Waals surface area contributed by atoms with Crippen LogP contribution in [-0.4, -0.2) is 30.8 Å². The molecule has 0 radical (unpaired) electrons. The van der Waals surface area contributed by atoms with E-state index in [0.717, 1.165) is 6.42 Å². The quantitative estimate of drug-likeness (QED) is 0.606. The minimum absolute atomic E-state index is 0.136. The molecule has 0 amide bonds. The van der Waals surface area contributed by atoms with Gasteiger partial charge >= 0.3 is 0 Å².